The highest BCUT2D eigenvalue weighted by Crippen LogP contribution is 2.30. The molecule has 0 bridgehead atoms. The molecule has 5 nitrogen and oxygen atoms in total. The van der Waals surface area contributed by atoms with Crippen LogP contribution in [-0.2, 0) is 19.3 Å². The molecule has 0 saturated carbocycles. The number of fused-ring (bicyclic) bond motifs is 2. The fourth-order valence-electron chi connectivity index (χ4n) is 3.78. The highest BCUT2D eigenvalue weighted by atomic mass is 16.5. The quantitative estimate of drug-likeness (QED) is 0.823. The molecule has 1 aromatic carbocycles. The fourth-order valence-corrected chi connectivity index (χ4v) is 3.78. The minimum atomic E-state index is -0.358. The number of benzene rings is 1. The van der Waals surface area contributed by atoms with Gasteiger partial charge in [-0.3, -0.25) is 0 Å². The minimum absolute atomic E-state index is 0.00664. The summed E-state index contributed by atoms with van der Waals surface area (Å²) in [5.74, 6) is 0. The molecule has 1 heterocycles. The van der Waals surface area contributed by atoms with Crippen molar-refractivity contribution >= 4 is 6.03 Å². The molecule has 5 heteroatoms. The Balaban J connectivity index is 1.60. The van der Waals surface area contributed by atoms with Crippen molar-refractivity contribution in [3.8, 4) is 0 Å². The summed E-state index contributed by atoms with van der Waals surface area (Å²) in [5.41, 5.74) is 3.54. The van der Waals surface area contributed by atoms with Crippen LogP contribution in [0.15, 0.2) is 33.6 Å². The first-order valence-corrected chi connectivity index (χ1v) is 8.37. The van der Waals surface area contributed by atoms with E-state index in [9.17, 15) is 9.59 Å². The Morgan fingerprint density at radius 2 is 1.96 bits per heavy atom. The molecule has 1 amide bonds. The second-order valence-corrected chi connectivity index (χ2v) is 6.40. The van der Waals surface area contributed by atoms with Crippen LogP contribution in [0.3, 0.4) is 0 Å². The zero-order chi connectivity index (χ0) is 15.8. The first-order chi connectivity index (χ1) is 11.2. The fraction of sp³-hybridized carbons (Fsp3) is 0.444. The van der Waals surface area contributed by atoms with E-state index in [4.69, 9.17) is 4.52 Å². The zero-order valence-corrected chi connectivity index (χ0v) is 13.0. The molecule has 0 saturated heterocycles. The third kappa shape index (κ3) is 2.50. The Labute approximate surface area is 134 Å². The number of hydrogen-bond acceptors (Lipinski definition) is 3. The number of nitrogens with zero attached hydrogens (tertiary/aromatic N) is 1. The van der Waals surface area contributed by atoms with Crippen molar-refractivity contribution in [1.82, 2.24) is 10.1 Å². The SMILES string of the molecule is O=C(N[C@@H]1CCc2ccccc21)n1oc(=O)c2c1CCCCC2. The van der Waals surface area contributed by atoms with Gasteiger partial charge in [0.05, 0.1) is 17.3 Å². The lowest BCUT2D eigenvalue weighted by Gasteiger charge is -2.14. The molecular weight excluding hydrogens is 292 g/mol. The van der Waals surface area contributed by atoms with Crippen molar-refractivity contribution in [2.45, 2.75) is 51.0 Å². The van der Waals surface area contributed by atoms with Crippen molar-refractivity contribution in [3.63, 3.8) is 0 Å². The predicted octanol–water partition coefficient (Wildman–Crippen LogP) is 2.96. The normalized spacial score (nSPS) is 19.7. The van der Waals surface area contributed by atoms with Gasteiger partial charge in [0.2, 0.25) is 0 Å². The van der Waals surface area contributed by atoms with E-state index in [1.807, 2.05) is 12.1 Å². The van der Waals surface area contributed by atoms with Crippen LogP contribution < -0.4 is 10.9 Å². The first kappa shape index (κ1) is 14.3. The molecule has 120 valence electrons. The van der Waals surface area contributed by atoms with E-state index >= 15 is 0 Å². The van der Waals surface area contributed by atoms with E-state index in [0.29, 0.717) is 12.0 Å². The van der Waals surface area contributed by atoms with E-state index < -0.39 is 0 Å². The van der Waals surface area contributed by atoms with E-state index in [1.54, 1.807) is 0 Å². The molecule has 0 aliphatic heterocycles. The summed E-state index contributed by atoms with van der Waals surface area (Å²) in [7, 11) is 0. The maximum atomic E-state index is 12.6. The Morgan fingerprint density at radius 3 is 2.87 bits per heavy atom. The summed E-state index contributed by atoms with van der Waals surface area (Å²) >= 11 is 0. The monoisotopic (exact) mass is 312 g/mol. The lowest BCUT2D eigenvalue weighted by atomic mass is 10.1. The van der Waals surface area contributed by atoms with Crippen LogP contribution in [0.5, 0.6) is 0 Å². The van der Waals surface area contributed by atoms with Crippen LogP contribution in [0.4, 0.5) is 4.79 Å². The predicted molar refractivity (Wildman–Crippen MR) is 85.7 cm³/mol. The molecule has 4 rings (SSSR count). The van der Waals surface area contributed by atoms with Gasteiger partial charge in [-0.25, -0.2) is 9.59 Å². The number of aromatic nitrogens is 1. The van der Waals surface area contributed by atoms with Crippen LogP contribution >= 0.6 is 0 Å². The van der Waals surface area contributed by atoms with Crippen LogP contribution in [0.2, 0.25) is 0 Å². The summed E-state index contributed by atoms with van der Waals surface area (Å²) in [6.45, 7) is 0. The van der Waals surface area contributed by atoms with Gasteiger partial charge < -0.3 is 9.84 Å². The van der Waals surface area contributed by atoms with Gasteiger partial charge in [0.1, 0.15) is 0 Å². The van der Waals surface area contributed by atoms with Gasteiger partial charge in [-0.1, -0.05) is 30.7 Å². The summed E-state index contributed by atoms with van der Waals surface area (Å²) in [4.78, 5) is 24.6. The average Bonchev–Trinajstić information content (AvgIpc) is 2.99. The Hall–Kier alpha value is -2.30. The number of carbonyl (C=O) groups excluding carboxylic acids is 1. The second-order valence-electron chi connectivity index (χ2n) is 6.40. The Bertz CT molecular complexity index is 803. The standard InChI is InChI=1S/C18H20N2O3/c21-17-14-8-2-1-3-9-16(14)20(23-17)18(22)19-15-11-10-12-6-4-5-7-13(12)15/h4-7,15H,1-3,8-11H2,(H,19,22)/t15-/m1/s1. The molecule has 2 aromatic rings. The molecule has 0 spiro atoms. The molecule has 1 N–H and O–H groups in total. The van der Waals surface area contributed by atoms with Crippen molar-refractivity contribution in [2.75, 3.05) is 0 Å². The lowest BCUT2D eigenvalue weighted by Crippen LogP contribution is -2.32. The van der Waals surface area contributed by atoms with Crippen LogP contribution in [-0.4, -0.2) is 10.8 Å². The van der Waals surface area contributed by atoms with E-state index in [1.165, 1.54) is 15.9 Å². The summed E-state index contributed by atoms with van der Waals surface area (Å²) in [5, 5.41) is 3.03. The van der Waals surface area contributed by atoms with Crippen LogP contribution in [0.1, 0.15) is 54.1 Å². The third-order valence-electron chi connectivity index (χ3n) is 4.97. The van der Waals surface area contributed by atoms with Crippen molar-refractivity contribution in [2.24, 2.45) is 0 Å². The Kier molecular flexibility index (Phi) is 3.56. The highest BCUT2D eigenvalue weighted by molar-refractivity contribution is 5.77. The van der Waals surface area contributed by atoms with Gasteiger partial charge in [0, 0.05) is 0 Å². The van der Waals surface area contributed by atoms with Gasteiger partial charge in [-0.05, 0) is 49.7 Å². The smallest absolute Gasteiger partial charge is 0.328 e. The molecule has 0 fully saturated rings. The van der Waals surface area contributed by atoms with Gasteiger partial charge in [0.15, 0.2) is 0 Å². The third-order valence-corrected chi connectivity index (χ3v) is 4.97. The molecule has 1 aromatic heterocycles. The highest BCUT2D eigenvalue weighted by Gasteiger charge is 2.27. The number of amides is 1. The number of nitrogens with one attached hydrogen (secondary N) is 1. The van der Waals surface area contributed by atoms with E-state index in [0.717, 1.165) is 44.2 Å². The van der Waals surface area contributed by atoms with Gasteiger partial charge in [-0.2, -0.15) is 0 Å². The molecule has 0 radical (unpaired) electrons. The first-order valence-electron chi connectivity index (χ1n) is 8.37. The molecule has 23 heavy (non-hydrogen) atoms. The van der Waals surface area contributed by atoms with Gasteiger partial charge in [0.25, 0.3) is 0 Å². The van der Waals surface area contributed by atoms with Crippen LogP contribution in [0, 0.1) is 0 Å². The zero-order valence-electron chi connectivity index (χ0n) is 13.0. The summed E-state index contributed by atoms with van der Waals surface area (Å²) in [6, 6.07) is 7.84. The lowest BCUT2D eigenvalue weighted by molar-refractivity contribution is 0.200. The Morgan fingerprint density at radius 1 is 1.13 bits per heavy atom. The molecule has 1 atom stereocenters. The molecule has 2 aliphatic carbocycles. The van der Waals surface area contributed by atoms with Gasteiger partial charge >= 0.3 is 11.7 Å². The van der Waals surface area contributed by atoms with Crippen molar-refractivity contribution in [3.05, 3.63) is 57.1 Å². The maximum absolute atomic E-state index is 12.6. The van der Waals surface area contributed by atoms with E-state index in [2.05, 4.69) is 17.4 Å². The van der Waals surface area contributed by atoms with E-state index in [-0.39, 0.29) is 17.7 Å². The van der Waals surface area contributed by atoms with Gasteiger partial charge in [-0.15, -0.1) is 4.74 Å². The molecular formula is C18H20N2O3. The minimum Gasteiger partial charge on any atom is -0.328 e. The molecule has 2 aliphatic rings. The maximum Gasteiger partial charge on any atom is 0.361 e. The second kappa shape index (κ2) is 5.72. The number of aryl methyl sites for hydroxylation is 1. The number of hydrogen-bond donors (Lipinski definition) is 1. The topological polar surface area (TPSA) is 64.2 Å². The summed E-state index contributed by atoms with van der Waals surface area (Å²) < 4.78 is 6.43. The molecule has 0 unspecified atom stereocenters. The largest absolute Gasteiger partial charge is 0.361 e. The summed E-state index contributed by atoms with van der Waals surface area (Å²) in [6.07, 6.45) is 6.37. The van der Waals surface area contributed by atoms with Crippen molar-refractivity contribution in [1.29, 1.82) is 0 Å². The van der Waals surface area contributed by atoms with Crippen LogP contribution in [0.25, 0.3) is 0 Å². The number of carbonyl (C=O) groups is 1. The van der Waals surface area contributed by atoms with Crippen molar-refractivity contribution < 1.29 is 9.32 Å². The number of rotatable bonds is 1. The average molecular weight is 312 g/mol.